The third-order valence-corrected chi connectivity index (χ3v) is 0.989. The van der Waals surface area contributed by atoms with Gasteiger partial charge < -0.3 is 20.6 Å². The average molecular weight is 203 g/mol. The minimum Gasteiger partial charge on any atom is -0.374 e. The zero-order valence-corrected chi connectivity index (χ0v) is 6.25. The third-order valence-electron chi connectivity index (χ3n) is 0.989. The van der Waals surface area contributed by atoms with Gasteiger partial charge in [0.1, 0.15) is 6.23 Å². The van der Waals surface area contributed by atoms with Crippen molar-refractivity contribution in [3.05, 3.63) is 0 Å². The maximum absolute atomic E-state index is 11.5. The van der Waals surface area contributed by atoms with E-state index in [0.29, 0.717) is 0 Å². The summed E-state index contributed by atoms with van der Waals surface area (Å²) < 4.78 is 34.5. The number of amides is 1. The number of hydrogen-bond acceptors (Lipinski definition) is 4. The van der Waals surface area contributed by atoms with E-state index in [2.05, 4.69) is 0 Å². The first-order valence-corrected chi connectivity index (χ1v) is 3.15. The van der Waals surface area contributed by atoms with E-state index in [-0.39, 0.29) is 0 Å². The van der Waals surface area contributed by atoms with Gasteiger partial charge in [0.25, 0.3) is 0 Å². The zero-order valence-electron chi connectivity index (χ0n) is 6.25. The molecule has 0 heterocycles. The highest BCUT2D eigenvalue weighted by atomic mass is 19.4. The molecule has 0 aliphatic rings. The predicted octanol–water partition coefficient (Wildman–Crippen LogP) is -1.32. The molecule has 4 N–H and O–H groups in total. The van der Waals surface area contributed by atoms with Crippen molar-refractivity contribution >= 4 is 5.91 Å². The van der Waals surface area contributed by atoms with Crippen molar-refractivity contribution in [3.8, 4) is 0 Å². The summed E-state index contributed by atoms with van der Waals surface area (Å²) in [7, 11) is 0. The molecule has 1 atom stereocenters. The number of nitrogens with one attached hydrogen (secondary N) is 1. The van der Waals surface area contributed by atoms with Crippen LogP contribution in [0.15, 0.2) is 0 Å². The third kappa shape index (κ3) is 5.39. The quantitative estimate of drug-likeness (QED) is 0.428. The Hall–Kier alpha value is -0.860. The van der Waals surface area contributed by atoms with E-state index in [1.807, 2.05) is 0 Å². The summed E-state index contributed by atoms with van der Waals surface area (Å²) in [6, 6.07) is 0. The van der Waals surface area contributed by atoms with Crippen molar-refractivity contribution in [3.63, 3.8) is 0 Å². The van der Waals surface area contributed by atoms with Gasteiger partial charge in [0.15, 0.2) is 6.29 Å². The zero-order chi connectivity index (χ0) is 10.6. The first-order valence-electron chi connectivity index (χ1n) is 3.15. The van der Waals surface area contributed by atoms with Crippen LogP contribution in [0.25, 0.3) is 0 Å². The molecule has 13 heavy (non-hydrogen) atoms. The summed E-state index contributed by atoms with van der Waals surface area (Å²) in [4.78, 5) is 10.1. The van der Waals surface area contributed by atoms with Gasteiger partial charge in [0.2, 0.25) is 0 Å². The lowest BCUT2D eigenvalue weighted by molar-refractivity contribution is -0.178. The largest absolute Gasteiger partial charge is 0.471 e. The minimum absolute atomic E-state index is 0.790. The summed E-state index contributed by atoms with van der Waals surface area (Å²) in [6.45, 7) is 0. The molecule has 8 heteroatoms. The Balaban J connectivity index is 3.93. The average Bonchev–Trinajstić information content (AvgIpc) is 1.82. The fraction of sp³-hybridized carbons (Fsp3) is 0.800. The minimum atomic E-state index is -5.10. The van der Waals surface area contributed by atoms with Crippen molar-refractivity contribution in [2.75, 3.05) is 0 Å². The van der Waals surface area contributed by atoms with Gasteiger partial charge in [-0.3, -0.25) is 4.79 Å². The molecule has 0 saturated heterocycles. The van der Waals surface area contributed by atoms with Gasteiger partial charge in [-0.15, -0.1) is 0 Å². The van der Waals surface area contributed by atoms with Crippen LogP contribution in [0.2, 0.25) is 0 Å². The molecule has 0 spiro atoms. The Bertz CT molecular complexity index is 181. The van der Waals surface area contributed by atoms with E-state index < -0.39 is 31.0 Å². The fourth-order valence-corrected chi connectivity index (χ4v) is 0.492. The molecule has 0 aromatic heterocycles. The van der Waals surface area contributed by atoms with Crippen LogP contribution in [0.1, 0.15) is 6.42 Å². The van der Waals surface area contributed by atoms with Crippen LogP contribution in [-0.2, 0) is 4.79 Å². The standard InChI is InChI=1S/C5H8F3NO4/c6-5(7,8)4(13)9-2(10)1-3(11)12/h2-3,10-12H,1H2,(H,9,13). The smallest absolute Gasteiger partial charge is 0.374 e. The van der Waals surface area contributed by atoms with Crippen molar-refractivity contribution in [1.82, 2.24) is 5.32 Å². The Morgan fingerprint density at radius 1 is 1.31 bits per heavy atom. The molecule has 78 valence electrons. The molecule has 0 aliphatic heterocycles. The second-order valence-corrected chi connectivity index (χ2v) is 2.20. The van der Waals surface area contributed by atoms with Gasteiger partial charge in [0.05, 0.1) is 0 Å². The summed E-state index contributed by atoms with van der Waals surface area (Å²) in [6.07, 6.45) is -9.80. The molecule has 0 rings (SSSR count). The number of aliphatic hydroxyl groups is 3. The van der Waals surface area contributed by atoms with E-state index in [4.69, 9.17) is 15.3 Å². The predicted molar refractivity (Wildman–Crippen MR) is 33.0 cm³/mol. The first-order chi connectivity index (χ1) is 5.73. The highest BCUT2D eigenvalue weighted by molar-refractivity contribution is 5.81. The van der Waals surface area contributed by atoms with Crippen LogP contribution >= 0.6 is 0 Å². The number of hydrogen-bond donors (Lipinski definition) is 4. The maximum Gasteiger partial charge on any atom is 0.471 e. The van der Waals surface area contributed by atoms with Crippen LogP contribution in [0.5, 0.6) is 0 Å². The second-order valence-electron chi connectivity index (χ2n) is 2.20. The molecule has 0 radical (unpaired) electrons. The highest BCUT2D eigenvalue weighted by Gasteiger charge is 2.39. The maximum atomic E-state index is 11.5. The van der Waals surface area contributed by atoms with Gasteiger partial charge in [0, 0.05) is 6.42 Å². The fourth-order valence-electron chi connectivity index (χ4n) is 0.492. The molecule has 0 bridgehead atoms. The molecular weight excluding hydrogens is 195 g/mol. The molecule has 0 saturated carbocycles. The van der Waals surface area contributed by atoms with Crippen LogP contribution in [0.4, 0.5) is 13.2 Å². The number of rotatable bonds is 3. The second kappa shape index (κ2) is 4.40. The van der Waals surface area contributed by atoms with E-state index in [1.54, 1.807) is 0 Å². The normalized spacial score (nSPS) is 14.4. The van der Waals surface area contributed by atoms with Crippen LogP contribution in [-0.4, -0.2) is 39.9 Å². The number of alkyl halides is 3. The number of aliphatic hydroxyl groups excluding tert-OH is 2. The van der Waals surface area contributed by atoms with Gasteiger partial charge in [-0.25, -0.2) is 0 Å². The van der Waals surface area contributed by atoms with Crippen LogP contribution in [0.3, 0.4) is 0 Å². The SMILES string of the molecule is O=C(NC(O)CC(O)O)C(F)(F)F. The first kappa shape index (κ1) is 12.1. The molecule has 0 aromatic rings. The lowest BCUT2D eigenvalue weighted by atomic mass is 10.3. The molecule has 0 aliphatic carbocycles. The summed E-state index contributed by atoms with van der Waals surface area (Å²) in [5, 5.41) is 26.1. The van der Waals surface area contributed by atoms with E-state index in [1.165, 1.54) is 0 Å². The van der Waals surface area contributed by atoms with Gasteiger partial charge in [-0.05, 0) is 0 Å². The van der Waals surface area contributed by atoms with Gasteiger partial charge >= 0.3 is 12.1 Å². The van der Waals surface area contributed by atoms with Crippen molar-refractivity contribution < 1.29 is 33.3 Å². The summed E-state index contributed by atoms with van der Waals surface area (Å²) in [5.41, 5.74) is 0. The topological polar surface area (TPSA) is 89.8 Å². The molecule has 0 aromatic carbocycles. The molecule has 5 nitrogen and oxygen atoms in total. The Morgan fingerprint density at radius 2 is 1.77 bits per heavy atom. The molecule has 0 fully saturated rings. The Kier molecular flexibility index (Phi) is 4.11. The molecule has 1 amide bonds. The van der Waals surface area contributed by atoms with E-state index in [9.17, 15) is 18.0 Å². The number of carbonyl (C=O) groups excluding carboxylic acids is 1. The van der Waals surface area contributed by atoms with E-state index in [0.717, 1.165) is 5.32 Å². The lowest BCUT2D eigenvalue weighted by Crippen LogP contribution is -2.44. The highest BCUT2D eigenvalue weighted by Crippen LogP contribution is 2.14. The molecule has 1 unspecified atom stereocenters. The van der Waals surface area contributed by atoms with Gasteiger partial charge in [-0.2, -0.15) is 13.2 Å². The van der Waals surface area contributed by atoms with Crippen LogP contribution in [0, 0.1) is 0 Å². The monoisotopic (exact) mass is 203 g/mol. The van der Waals surface area contributed by atoms with E-state index >= 15 is 0 Å². The Morgan fingerprint density at radius 3 is 2.08 bits per heavy atom. The number of carbonyl (C=O) groups is 1. The van der Waals surface area contributed by atoms with Crippen molar-refractivity contribution in [1.29, 1.82) is 0 Å². The van der Waals surface area contributed by atoms with Crippen LogP contribution < -0.4 is 5.32 Å². The van der Waals surface area contributed by atoms with Crippen molar-refractivity contribution in [2.24, 2.45) is 0 Å². The summed E-state index contributed by atoms with van der Waals surface area (Å²) in [5.74, 6) is -2.33. The Labute approximate surface area is 70.8 Å². The van der Waals surface area contributed by atoms with Gasteiger partial charge in [-0.1, -0.05) is 0 Å². The number of halogens is 3. The van der Waals surface area contributed by atoms with Crippen molar-refractivity contribution in [2.45, 2.75) is 25.1 Å². The molecular formula is C5H8F3NO4. The summed E-state index contributed by atoms with van der Waals surface area (Å²) >= 11 is 0. The lowest BCUT2D eigenvalue weighted by Gasteiger charge is -2.14.